The van der Waals surface area contributed by atoms with Gasteiger partial charge in [-0.15, -0.1) is 0 Å². The highest BCUT2D eigenvalue weighted by atomic mass is 31.2. The van der Waals surface area contributed by atoms with Gasteiger partial charge in [0.2, 0.25) is 5.95 Å². The third-order valence-electron chi connectivity index (χ3n) is 6.39. The maximum atomic E-state index is 12.9. The van der Waals surface area contributed by atoms with Gasteiger partial charge < -0.3 is 29.8 Å². The minimum Gasteiger partial charge on any atom is -0.489 e. The van der Waals surface area contributed by atoms with E-state index in [9.17, 15) is 9.36 Å². The molecule has 2 aromatic heterocycles. The summed E-state index contributed by atoms with van der Waals surface area (Å²) in [6.07, 6.45) is 2.91. The van der Waals surface area contributed by atoms with E-state index in [1.807, 2.05) is 68.6 Å². The number of benzene rings is 2. The molecular weight excluding hydrogens is 499 g/mol. The van der Waals surface area contributed by atoms with E-state index in [-0.39, 0.29) is 6.10 Å². The lowest BCUT2D eigenvalue weighted by molar-refractivity contribution is -0.119. The van der Waals surface area contributed by atoms with Crippen LogP contribution in [0.2, 0.25) is 0 Å². The van der Waals surface area contributed by atoms with Crippen molar-refractivity contribution >= 4 is 58.1 Å². The summed E-state index contributed by atoms with van der Waals surface area (Å²) in [5.41, 5.74) is 3.18. The van der Waals surface area contributed by atoms with Gasteiger partial charge in [-0.05, 0) is 57.5 Å². The Morgan fingerprint density at radius 2 is 1.79 bits per heavy atom. The standard InChI is InChI=1S/C28H33N6O3P/c1-18(2)37-24-17-19(9-10-23(24)34-15-12-20(35)13-16-34)30-28-32-26-21(11-14-29-26)27(33-28)31-22-7-5-6-8-25(22)38(3,4)36/h5-11,14,17-18H,12-13,15-16H2,1-4H3,(H3,29,30,31,32,33). The zero-order valence-corrected chi connectivity index (χ0v) is 23.0. The average Bonchev–Trinajstić information content (AvgIpc) is 3.33. The maximum absolute atomic E-state index is 12.9. The fourth-order valence-electron chi connectivity index (χ4n) is 4.60. The molecule has 3 heterocycles. The molecule has 198 valence electrons. The van der Waals surface area contributed by atoms with Crippen LogP contribution in [-0.4, -0.2) is 53.3 Å². The number of piperidine rings is 1. The van der Waals surface area contributed by atoms with Gasteiger partial charge in [0.05, 0.1) is 22.9 Å². The number of fused-ring (bicyclic) bond motifs is 1. The Bertz CT molecular complexity index is 1520. The van der Waals surface area contributed by atoms with Crippen molar-refractivity contribution in [2.75, 3.05) is 42.0 Å². The van der Waals surface area contributed by atoms with E-state index in [4.69, 9.17) is 9.72 Å². The highest BCUT2D eigenvalue weighted by Crippen LogP contribution is 2.39. The van der Waals surface area contributed by atoms with Gasteiger partial charge >= 0.3 is 0 Å². The van der Waals surface area contributed by atoms with E-state index in [2.05, 4.69) is 25.5 Å². The van der Waals surface area contributed by atoms with Crippen molar-refractivity contribution in [1.29, 1.82) is 0 Å². The first-order valence-corrected chi connectivity index (χ1v) is 15.4. The van der Waals surface area contributed by atoms with Crippen molar-refractivity contribution in [2.45, 2.75) is 32.8 Å². The third-order valence-corrected chi connectivity index (χ3v) is 7.94. The smallest absolute Gasteiger partial charge is 0.231 e. The number of aromatic amines is 1. The summed E-state index contributed by atoms with van der Waals surface area (Å²) in [5.74, 6) is 2.06. The van der Waals surface area contributed by atoms with Crippen molar-refractivity contribution in [3.63, 3.8) is 0 Å². The van der Waals surface area contributed by atoms with Crippen LogP contribution in [0, 0.1) is 0 Å². The predicted octanol–water partition coefficient (Wildman–Crippen LogP) is 5.65. The number of hydrogen-bond acceptors (Lipinski definition) is 8. The molecule has 0 amide bonds. The Morgan fingerprint density at radius 3 is 2.53 bits per heavy atom. The van der Waals surface area contributed by atoms with E-state index < -0.39 is 7.14 Å². The second kappa shape index (κ2) is 10.5. The van der Waals surface area contributed by atoms with Gasteiger partial charge in [-0.3, -0.25) is 4.79 Å². The van der Waals surface area contributed by atoms with Gasteiger partial charge in [0.25, 0.3) is 0 Å². The molecular formula is C28H33N6O3P. The van der Waals surface area contributed by atoms with Gasteiger partial charge in [-0.2, -0.15) is 9.97 Å². The molecule has 0 saturated carbocycles. The summed E-state index contributed by atoms with van der Waals surface area (Å²) >= 11 is 0. The average molecular weight is 533 g/mol. The van der Waals surface area contributed by atoms with E-state index in [0.29, 0.717) is 49.1 Å². The van der Waals surface area contributed by atoms with Crippen LogP contribution in [0.1, 0.15) is 26.7 Å². The third kappa shape index (κ3) is 5.68. The molecule has 4 aromatic rings. The Hall–Kier alpha value is -3.84. The van der Waals surface area contributed by atoms with Crippen LogP contribution >= 0.6 is 7.14 Å². The number of carbonyl (C=O) groups excluding carboxylic acids is 1. The first kappa shape index (κ1) is 25.8. The molecule has 2 aromatic carbocycles. The minimum absolute atomic E-state index is 0.00841. The number of ketones is 1. The number of nitrogens with one attached hydrogen (secondary N) is 3. The maximum Gasteiger partial charge on any atom is 0.231 e. The number of nitrogens with zero attached hydrogens (tertiary/aromatic N) is 3. The van der Waals surface area contributed by atoms with E-state index in [1.54, 1.807) is 13.3 Å². The van der Waals surface area contributed by atoms with Crippen molar-refractivity contribution < 1.29 is 14.1 Å². The minimum atomic E-state index is -2.51. The van der Waals surface area contributed by atoms with E-state index >= 15 is 0 Å². The van der Waals surface area contributed by atoms with Crippen LogP contribution in [0.3, 0.4) is 0 Å². The van der Waals surface area contributed by atoms with Crippen molar-refractivity contribution in [2.24, 2.45) is 0 Å². The molecule has 38 heavy (non-hydrogen) atoms. The van der Waals surface area contributed by atoms with Crippen LogP contribution in [0.15, 0.2) is 54.7 Å². The molecule has 1 fully saturated rings. The lowest BCUT2D eigenvalue weighted by atomic mass is 10.1. The van der Waals surface area contributed by atoms with Gasteiger partial charge in [-0.1, -0.05) is 12.1 Å². The number of H-pyrrole nitrogens is 1. The SMILES string of the molecule is CC(C)Oc1cc(Nc2nc(Nc3ccccc3P(C)(C)=O)c3cc[nH]c3n2)ccc1N1CCC(=O)CC1. The monoisotopic (exact) mass is 532 g/mol. The van der Waals surface area contributed by atoms with Crippen LogP contribution in [-0.2, 0) is 9.36 Å². The number of para-hydroxylation sites is 1. The summed E-state index contributed by atoms with van der Waals surface area (Å²) in [7, 11) is -2.51. The van der Waals surface area contributed by atoms with Gasteiger partial charge in [0.1, 0.15) is 30.1 Å². The largest absolute Gasteiger partial charge is 0.489 e. The topological polar surface area (TPSA) is 112 Å². The molecule has 5 rings (SSSR count). The number of ether oxygens (including phenoxy) is 1. The van der Waals surface area contributed by atoms with Crippen LogP contribution in [0.5, 0.6) is 5.75 Å². The summed E-state index contributed by atoms with van der Waals surface area (Å²) in [6, 6.07) is 15.4. The molecule has 0 aliphatic carbocycles. The van der Waals surface area contributed by atoms with Crippen molar-refractivity contribution in [1.82, 2.24) is 15.0 Å². The summed E-state index contributed by atoms with van der Waals surface area (Å²) in [4.78, 5) is 26.5. The number of hydrogen-bond donors (Lipinski definition) is 3. The number of Topliss-reactive ketones (excluding diaryl/α,β-unsaturated/α-hetero) is 1. The molecule has 0 bridgehead atoms. The van der Waals surface area contributed by atoms with Crippen LogP contribution < -0.4 is 25.6 Å². The van der Waals surface area contributed by atoms with Crippen molar-refractivity contribution in [3.8, 4) is 5.75 Å². The molecule has 0 unspecified atom stereocenters. The number of anilines is 5. The molecule has 0 atom stereocenters. The summed E-state index contributed by atoms with van der Waals surface area (Å²) in [5, 5.41) is 8.29. The highest BCUT2D eigenvalue weighted by molar-refractivity contribution is 7.70. The molecule has 9 nitrogen and oxygen atoms in total. The molecule has 10 heteroatoms. The predicted molar refractivity (Wildman–Crippen MR) is 155 cm³/mol. The number of aromatic nitrogens is 3. The first-order chi connectivity index (χ1) is 18.2. The Morgan fingerprint density at radius 1 is 1.03 bits per heavy atom. The lowest BCUT2D eigenvalue weighted by Crippen LogP contribution is -2.34. The second-order valence-corrected chi connectivity index (χ2v) is 13.3. The Kier molecular flexibility index (Phi) is 7.13. The van der Waals surface area contributed by atoms with Crippen LogP contribution in [0.25, 0.3) is 11.0 Å². The zero-order chi connectivity index (χ0) is 26.9. The highest BCUT2D eigenvalue weighted by Gasteiger charge is 2.21. The van der Waals surface area contributed by atoms with Gasteiger partial charge in [-0.25, -0.2) is 0 Å². The Balaban J connectivity index is 1.47. The molecule has 0 spiro atoms. The normalized spacial score (nSPS) is 14.2. The summed E-state index contributed by atoms with van der Waals surface area (Å²) < 4.78 is 19.0. The number of carbonyl (C=O) groups is 1. The summed E-state index contributed by atoms with van der Waals surface area (Å²) in [6.45, 7) is 8.88. The zero-order valence-electron chi connectivity index (χ0n) is 22.1. The quantitative estimate of drug-likeness (QED) is 0.250. The number of rotatable bonds is 8. The fraction of sp³-hybridized carbons (Fsp3) is 0.321. The van der Waals surface area contributed by atoms with Gasteiger partial charge in [0, 0.05) is 49.2 Å². The molecule has 1 aliphatic rings. The first-order valence-electron chi connectivity index (χ1n) is 12.8. The van der Waals surface area contributed by atoms with Gasteiger partial charge in [0.15, 0.2) is 0 Å². The molecule has 0 radical (unpaired) electrons. The second-order valence-electron chi connectivity index (χ2n) is 10.1. The molecule has 1 saturated heterocycles. The van der Waals surface area contributed by atoms with E-state index in [1.165, 1.54) is 0 Å². The van der Waals surface area contributed by atoms with Crippen molar-refractivity contribution in [3.05, 3.63) is 54.7 Å². The molecule has 1 aliphatic heterocycles. The Labute approximate surface area is 222 Å². The lowest BCUT2D eigenvalue weighted by Gasteiger charge is -2.30. The fourth-order valence-corrected chi connectivity index (χ4v) is 5.75. The van der Waals surface area contributed by atoms with Crippen LogP contribution in [0.4, 0.5) is 28.8 Å². The molecule has 3 N–H and O–H groups in total. The van der Waals surface area contributed by atoms with E-state index in [0.717, 1.165) is 33.5 Å².